The molecule has 0 aromatic heterocycles. The van der Waals surface area contributed by atoms with Crippen molar-refractivity contribution >= 4 is 11.6 Å². The maximum atomic E-state index is 12.4. The fourth-order valence-corrected chi connectivity index (χ4v) is 1.46. The molecule has 0 radical (unpaired) electrons. The van der Waals surface area contributed by atoms with E-state index in [0.717, 1.165) is 0 Å². The minimum atomic E-state index is -2.38. The fraction of sp³-hybridized carbons (Fsp3) is 0.455. The lowest BCUT2D eigenvalue weighted by Gasteiger charge is -2.12. The number of ether oxygens (including phenoxy) is 1. The van der Waals surface area contributed by atoms with E-state index in [0.29, 0.717) is 22.9 Å². The second-order valence-corrected chi connectivity index (χ2v) is 3.65. The van der Waals surface area contributed by atoms with Crippen LogP contribution in [0.4, 0.5) is 8.78 Å². The van der Waals surface area contributed by atoms with Crippen LogP contribution in [0.5, 0.6) is 5.75 Å². The normalized spacial score (nSPS) is 12.9. The molecule has 15 heavy (non-hydrogen) atoms. The highest BCUT2D eigenvalue weighted by atomic mass is 35.5. The first-order valence-corrected chi connectivity index (χ1v) is 5.14. The molecule has 1 aromatic rings. The SMILES string of the molecule is CCOc1ccc(C(C)C(F)F)cc1Cl. The number of hydrogen-bond donors (Lipinski definition) is 0. The third kappa shape index (κ3) is 3.06. The van der Waals surface area contributed by atoms with Crippen molar-refractivity contribution in [2.24, 2.45) is 0 Å². The summed E-state index contributed by atoms with van der Waals surface area (Å²) in [5.74, 6) is -0.275. The van der Waals surface area contributed by atoms with Gasteiger partial charge in [-0.15, -0.1) is 0 Å². The zero-order valence-electron chi connectivity index (χ0n) is 8.64. The fourth-order valence-electron chi connectivity index (χ4n) is 1.22. The van der Waals surface area contributed by atoms with E-state index in [-0.39, 0.29) is 0 Å². The van der Waals surface area contributed by atoms with E-state index in [9.17, 15) is 8.78 Å². The van der Waals surface area contributed by atoms with Gasteiger partial charge in [-0.3, -0.25) is 0 Å². The van der Waals surface area contributed by atoms with Crippen LogP contribution in [-0.4, -0.2) is 13.0 Å². The summed E-state index contributed by atoms with van der Waals surface area (Å²) in [6.45, 7) is 3.81. The molecule has 84 valence electrons. The largest absolute Gasteiger partial charge is 0.492 e. The van der Waals surface area contributed by atoms with E-state index in [1.54, 1.807) is 12.1 Å². The van der Waals surface area contributed by atoms with Gasteiger partial charge in [0, 0.05) is 5.92 Å². The molecule has 1 unspecified atom stereocenters. The Morgan fingerprint density at radius 3 is 2.53 bits per heavy atom. The molecule has 1 aromatic carbocycles. The van der Waals surface area contributed by atoms with Crippen LogP contribution >= 0.6 is 11.6 Å². The molecule has 4 heteroatoms. The second-order valence-electron chi connectivity index (χ2n) is 3.25. The Balaban J connectivity index is 2.90. The predicted octanol–water partition coefficient (Wildman–Crippen LogP) is 4.11. The summed E-state index contributed by atoms with van der Waals surface area (Å²) in [4.78, 5) is 0. The van der Waals surface area contributed by atoms with E-state index in [2.05, 4.69) is 0 Å². The van der Waals surface area contributed by atoms with Gasteiger partial charge in [-0.25, -0.2) is 8.78 Å². The molecule has 0 heterocycles. The van der Waals surface area contributed by atoms with Crippen molar-refractivity contribution < 1.29 is 13.5 Å². The number of alkyl halides is 2. The van der Waals surface area contributed by atoms with Crippen LogP contribution in [0, 0.1) is 0 Å². The molecule has 0 fully saturated rings. The van der Waals surface area contributed by atoms with Gasteiger partial charge in [-0.1, -0.05) is 24.6 Å². The molecule has 0 spiro atoms. The molecule has 0 amide bonds. The molecule has 0 aliphatic carbocycles. The lowest BCUT2D eigenvalue weighted by atomic mass is 10.0. The van der Waals surface area contributed by atoms with Crippen molar-refractivity contribution in [1.29, 1.82) is 0 Å². The molecule has 1 nitrogen and oxygen atoms in total. The second kappa shape index (κ2) is 5.31. The predicted molar refractivity (Wildman–Crippen MR) is 57.0 cm³/mol. The summed E-state index contributed by atoms with van der Waals surface area (Å²) in [6.07, 6.45) is -2.38. The Morgan fingerprint density at radius 2 is 2.07 bits per heavy atom. The molecular formula is C11H13ClF2O. The van der Waals surface area contributed by atoms with Crippen molar-refractivity contribution in [1.82, 2.24) is 0 Å². The van der Waals surface area contributed by atoms with Crippen LogP contribution in [0.25, 0.3) is 0 Å². The highest BCUT2D eigenvalue weighted by Gasteiger charge is 2.17. The molecule has 0 aliphatic rings. The molecule has 0 aliphatic heterocycles. The Hall–Kier alpha value is -0.830. The van der Waals surface area contributed by atoms with Gasteiger partial charge in [0.15, 0.2) is 0 Å². The van der Waals surface area contributed by atoms with Gasteiger partial charge in [0.05, 0.1) is 11.6 Å². The van der Waals surface area contributed by atoms with Gasteiger partial charge in [-0.2, -0.15) is 0 Å². The Labute approximate surface area is 93.0 Å². The van der Waals surface area contributed by atoms with E-state index >= 15 is 0 Å². The highest BCUT2D eigenvalue weighted by molar-refractivity contribution is 6.32. The van der Waals surface area contributed by atoms with E-state index in [1.165, 1.54) is 13.0 Å². The van der Waals surface area contributed by atoms with E-state index < -0.39 is 12.3 Å². The quantitative estimate of drug-likeness (QED) is 0.762. The van der Waals surface area contributed by atoms with Gasteiger partial charge < -0.3 is 4.74 Å². The van der Waals surface area contributed by atoms with Gasteiger partial charge in [-0.05, 0) is 24.6 Å². The maximum Gasteiger partial charge on any atom is 0.245 e. The number of benzene rings is 1. The monoisotopic (exact) mass is 234 g/mol. The zero-order valence-corrected chi connectivity index (χ0v) is 9.39. The summed E-state index contributed by atoms with van der Waals surface area (Å²) < 4.78 is 30.1. The first-order chi connectivity index (χ1) is 7.06. The summed E-state index contributed by atoms with van der Waals surface area (Å²) in [5, 5.41) is 0.377. The summed E-state index contributed by atoms with van der Waals surface area (Å²) >= 11 is 5.89. The van der Waals surface area contributed by atoms with Crippen LogP contribution in [0.2, 0.25) is 5.02 Å². The molecule has 0 saturated carbocycles. The summed E-state index contributed by atoms with van der Waals surface area (Å²) in [5.41, 5.74) is 0.526. The molecule has 0 saturated heterocycles. The van der Waals surface area contributed by atoms with Crippen molar-refractivity contribution in [2.75, 3.05) is 6.61 Å². The van der Waals surface area contributed by atoms with Crippen LogP contribution < -0.4 is 4.74 Å². The van der Waals surface area contributed by atoms with Crippen molar-refractivity contribution in [3.8, 4) is 5.75 Å². The number of halogens is 3. The molecular weight excluding hydrogens is 222 g/mol. The van der Waals surface area contributed by atoms with Gasteiger partial charge in [0.1, 0.15) is 5.75 Å². The van der Waals surface area contributed by atoms with Crippen LogP contribution in [0.15, 0.2) is 18.2 Å². The van der Waals surface area contributed by atoms with Crippen molar-refractivity contribution in [3.05, 3.63) is 28.8 Å². The minimum Gasteiger partial charge on any atom is -0.492 e. The average Bonchev–Trinajstić information content (AvgIpc) is 2.20. The topological polar surface area (TPSA) is 9.23 Å². The molecule has 0 bridgehead atoms. The first-order valence-electron chi connectivity index (χ1n) is 4.76. The lowest BCUT2D eigenvalue weighted by molar-refractivity contribution is 0.121. The molecule has 0 N–H and O–H groups in total. The summed E-state index contributed by atoms with van der Waals surface area (Å²) in [7, 11) is 0. The van der Waals surface area contributed by atoms with E-state index in [4.69, 9.17) is 16.3 Å². The van der Waals surface area contributed by atoms with Crippen LogP contribution in [-0.2, 0) is 0 Å². The third-order valence-electron chi connectivity index (χ3n) is 2.16. The number of rotatable bonds is 4. The first kappa shape index (κ1) is 12.2. The molecule has 1 rings (SSSR count). The van der Waals surface area contributed by atoms with Gasteiger partial charge in [0.25, 0.3) is 0 Å². The van der Waals surface area contributed by atoms with Crippen LogP contribution in [0.3, 0.4) is 0 Å². The Morgan fingerprint density at radius 1 is 1.40 bits per heavy atom. The smallest absolute Gasteiger partial charge is 0.245 e. The maximum absolute atomic E-state index is 12.4. The van der Waals surface area contributed by atoms with Crippen molar-refractivity contribution in [3.63, 3.8) is 0 Å². The minimum absolute atomic E-state index is 0.377. The Bertz CT molecular complexity index is 328. The van der Waals surface area contributed by atoms with Gasteiger partial charge >= 0.3 is 0 Å². The third-order valence-corrected chi connectivity index (χ3v) is 2.45. The standard InChI is InChI=1S/C11H13ClF2O/c1-3-15-10-5-4-8(6-9(10)12)7(2)11(13)14/h4-7,11H,3H2,1-2H3. The average molecular weight is 235 g/mol. The Kier molecular flexibility index (Phi) is 4.33. The number of hydrogen-bond acceptors (Lipinski definition) is 1. The van der Waals surface area contributed by atoms with Crippen LogP contribution in [0.1, 0.15) is 25.3 Å². The van der Waals surface area contributed by atoms with Crippen molar-refractivity contribution in [2.45, 2.75) is 26.2 Å². The summed E-state index contributed by atoms with van der Waals surface area (Å²) in [6, 6.07) is 4.77. The zero-order chi connectivity index (χ0) is 11.4. The lowest BCUT2D eigenvalue weighted by Crippen LogP contribution is -2.04. The highest BCUT2D eigenvalue weighted by Crippen LogP contribution is 2.30. The van der Waals surface area contributed by atoms with Gasteiger partial charge in [0.2, 0.25) is 6.43 Å². The van der Waals surface area contributed by atoms with E-state index in [1.807, 2.05) is 6.92 Å². The molecule has 1 atom stereocenters.